The van der Waals surface area contributed by atoms with Gasteiger partial charge in [0.25, 0.3) is 0 Å². The van der Waals surface area contributed by atoms with E-state index in [0.29, 0.717) is 6.54 Å². The molecule has 1 N–H and O–H groups in total. The molecule has 0 unspecified atom stereocenters. The van der Waals surface area contributed by atoms with E-state index in [9.17, 15) is 5.11 Å². The third-order valence-corrected chi connectivity index (χ3v) is 3.13. The summed E-state index contributed by atoms with van der Waals surface area (Å²) in [5.41, 5.74) is -0.605. The Kier molecular flexibility index (Phi) is 5.32. The van der Waals surface area contributed by atoms with Crippen molar-refractivity contribution in [3.05, 3.63) is 30.3 Å². The first-order valence-electron chi connectivity index (χ1n) is 5.56. The van der Waals surface area contributed by atoms with Crippen molar-refractivity contribution in [1.29, 1.82) is 0 Å². The summed E-state index contributed by atoms with van der Waals surface area (Å²) in [4.78, 5) is 3.47. The van der Waals surface area contributed by atoms with E-state index in [2.05, 4.69) is 29.2 Å². The SMILES string of the molecule is CN(CCSc1ccccc1)CC(C)(C)O. The van der Waals surface area contributed by atoms with Gasteiger partial charge in [0.15, 0.2) is 0 Å². The molecule has 16 heavy (non-hydrogen) atoms. The number of hydrogen-bond acceptors (Lipinski definition) is 3. The lowest BCUT2D eigenvalue weighted by Crippen LogP contribution is -2.37. The van der Waals surface area contributed by atoms with Crippen LogP contribution in [0, 0.1) is 0 Å². The quantitative estimate of drug-likeness (QED) is 0.772. The predicted octanol–water partition coefficient (Wildman–Crippen LogP) is 2.48. The zero-order chi connectivity index (χ0) is 12.0. The minimum Gasteiger partial charge on any atom is -0.389 e. The van der Waals surface area contributed by atoms with Crippen molar-refractivity contribution in [3.63, 3.8) is 0 Å². The molecule has 0 amide bonds. The van der Waals surface area contributed by atoms with Gasteiger partial charge in [0.1, 0.15) is 0 Å². The first-order valence-corrected chi connectivity index (χ1v) is 6.55. The minimum atomic E-state index is -0.605. The fourth-order valence-corrected chi connectivity index (χ4v) is 2.56. The van der Waals surface area contributed by atoms with E-state index in [0.717, 1.165) is 12.3 Å². The van der Waals surface area contributed by atoms with Gasteiger partial charge in [0, 0.05) is 23.7 Å². The normalized spacial score (nSPS) is 12.1. The molecule has 0 heterocycles. The van der Waals surface area contributed by atoms with Crippen LogP contribution in [-0.4, -0.2) is 41.5 Å². The Morgan fingerprint density at radius 2 is 1.88 bits per heavy atom. The van der Waals surface area contributed by atoms with Gasteiger partial charge in [-0.1, -0.05) is 18.2 Å². The van der Waals surface area contributed by atoms with Gasteiger partial charge in [-0.15, -0.1) is 11.8 Å². The van der Waals surface area contributed by atoms with Crippen LogP contribution >= 0.6 is 11.8 Å². The Labute approximate surface area is 103 Å². The zero-order valence-corrected chi connectivity index (χ0v) is 11.1. The number of nitrogens with zero attached hydrogens (tertiary/aromatic N) is 1. The number of hydrogen-bond donors (Lipinski definition) is 1. The van der Waals surface area contributed by atoms with Crippen molar-refractivity contribution in [1.82, 2.24) is 4.90 Å². The standard InChI is InChI=1S/C13H21NOS/c1-13(2,15)11-14(3)9-10-16-12-7-5-4-6-8-12/h4-8,15H,9-11H2,1-3H3. The molecular formula is C13H21NOS. The van der Waals surface area contributed by atoms with Crippen molar-refractivity contribution < 1.29 is 5.11 Å². The summed E-state index contributed by atoms with van der Waals surface area (Å²) in [5, 5.41) is 9.66. The van der Waals surface area contributed by atoms with Crippen molar-refractivity contribution >= 4 is 11.8 Å². The Balaban J connectivity index is 2.21. The Bertz CT molecular complexity index is 295. The van der Waals surface area contributed by atoms with Gasteiger partial charge in [-0.05, 0) is 33.0 Å². The molecular weight excluding hydrogens is 218 g/mol. The van der Waals surface area contributed by atoms with E-state index >= 15 is 0 Å². The zero-order valence-electron chi connectivity index (χ0n) is 10.3. The first-order chi connectivity index (χ1) is 7.47. The molecule has 90 valence electrons. The molecule has 2 nitrogen and oxygen atoms in total. The van der Waals surface area contributed by atoms with E-state index in [-0.39, 0.29) is 0 Å². The van der Waals surface area contributed by atoms with Crippen LogP contribution in [0.3, 0.4) is 0 Å². The average Bonchev–Trinajstić information content (AvgIpc) is 2.16. The highest BCUT2D eigenvalue weighted by Crippen LogP contribution is 2.16. The molecule has 0 bridgehead atoms. The average molecular weight is 239 g/mol. The fraction of sp³-hybridized carbons (Fsp3) is 0.538. The van der Waals surface area contributed by atoms with Gasteiger partial charge in [-0.25, -0.2) is 0 Å². The molecule has 0 aliphatic rings. The Hall–Kier alpha value is -0.510. The lowest BCUT2D eigenvalue weighted by molar-refractivity contribution is 0.0465. The number of rotatable bonds is 6. The summed E-state index contributed by atoms with van der Waals surface area (Å²) in [6, 6.07) is 10.4. The van der Waals surface area contributed by atoms with Crippen LogP contribution in [0.5, 0.6) is 0 Å². The van der Waals surface area contributed by atoms with Gasteiger partial charge < -0.3 is 10.0 Å². The third-order valence-electron chi connectivity index (χ3n) is 2.14. The fourth-order valence-electron chi connectivity index (χ4n) is 1.58. The second kappa shape index (κ2) is 6.28. The molecule has 0 fully saturated rings. The van der Waals surface area contributed by atoms with Gasteiger partial charge in [-0.2, -0.15) is 0 Å². The van der Waals surface area contributed by atoms with Crippen LogP contribution in [0.2, 0.25) is 0 Å². The highest BCUT2D eigenvalue weighted by atomic mass is 32.2. The molecule has 0 radical (unpaired) electrons. The summed E-state index contributed by atoms with van der Waals surface area (Å²) < 4.78 is 0. The summed E-state index contributed by atoms with van der Waals surface area (Å²) in [5.74, 6) is 1.05. The second-order valence-electron chi connectivity index (χ2n) is 4.71. The van der Waals surface area contributed by atoms with Crippen LogP contribution < -0.4 is 0 Å². The van der Waals surface area contributed by atoms with Gasteiger partial charge in [-0.3, -0.25) is 0 Å². The van der Waals surface area contributed by atoms with Crippen LogP contribution in [0.25, 0.3) is 0 Å². The third kappa shape index (κ3) is 6.16. The molecule has 1 aromatic rings. The van der Waals surface area contributed by atoms with Crippen LogP contribution in [0.1, 0.15) is 13.8 Å². The van der Waals surface area contributed by atoms with E-state index in [1.54, 1.807) is 0 Å². The summed E-state index contributed by atoms with van der Waals surface area (Å²) in [7, 11) is 2.05. The lowest BCUT2D eigenvalue weighted by Gasteiger charge is -2.25. The van der Waals surface area contributed by atoms with Gasteiger partial charge in [0.2, 0.25) is 0 Å². The maximum atomic E-state index is 9.66. The molecule has 0 aliphatic heterocycles. The van der Waals surface area contributed by atoms with Crippen molar-refractivity contribution in [2.24, 2.45) is 0 Å². The minimum absolute atomic E-state index is 0.605. The van der Waals surface area contributed by atoms with Gasteiger partial charge in [0.05, 0.1) is 5.60 Å². The lowest BCUT2D eigenvalue weighted by atomic mass is 10.1. The van der Waals surface area contributed by atoms with E-state index in [1.165, 1.54) is 4.90 Å². The van der Waals surface area contributed by atoms with Gasteiger partial charge >= 0.3 is 0 Å². The largest absolute Gasteiger partial charge is 0.389 e. The van der Waals surface area contributed by atoms with Crippen molar-refractivity contribution in [2.75, 3.05) is 25.9 Å². The molecule has 0 saturated heterocycles. The van der Waals surface area contributed by atoms with E-state index in [1.807, 2.05) is 38.7 Å². The topological polar surface area (TPSA) is 23.5 Å². The van der Waals surface area contributed by atoms with E-state index < -0.39 is 5.60 Å². The Morgan fingerprint density at radius 1 is 1.25 bits per heavy atom. The highest BCUT2D eigenvalue weighted by Gasteiger charge is 2.14. The smallest absolute Gasteiger partial charge is 0.0718 e. The molecule has 0 spiro atoms. The molecule has 3 heteroatoms. The van der Waals surface area contributed by atoms with Crippen LogP contribution in [0.4, 0.5) is 0 Å². The summed E-state index contributed by atoms with van der Waals surface area (Å²) >= 11 is 1.85. The van der Waals surface area contributed by atoms with Crippen molar-refractivity contribution in [3.8, 4) is 0 Å². The maximum absolute atomic E-state index is 9.66. The summed E-state index contributed by atoms with van der Waals surface area (Å²) in [6.45, 7) is 5.38. The molecule has 0 saturated carbocycles. The number of benzene rings is 1. The number of aliphatic hydroxyl groups is 1. The monoisotopic (exact) mass is 239 g/mol. The maximum Gasteiger partial charge on any atom is 0.0718 e. The molecule has 0 atom stereocenters. The number of thioether (sulfide) groups is 1. The van der Waals surface area contributed by atoms with E-state index in [4.69, 9.17) is 0 Å². The first kappa shape index (κ1) is 13.6. The summed E-state index contributed by atoms with van der Waals surface area (Å²) in [6.07, 6.45) is 0. The van der Waals surface area contributed by atoms with Crippen LogP contribution in [-0.2, 0) is 0 Å². The van der Waals surface area contributed by atoms with Crippen molar-refractivity contribution in [2.45, 2.75) is 24.3 Å². The number of likely N-dealkylation sites (N-methyl/N-ethyl adjacent to an activating group) is 1. The highest BCUT2D eigenvalue weighted by molar-refractivity contribution is 7.99. The molecule has 1 aromatic carbocycles. The predicted molar refractivity (Wildman–Crippen MR) is 71.0 cm³/mol. The van der Waals surface area contributed by atoms with Crippen LogP contribution in [0.15, 0.2) is 35.2 Å². The molecule has 0 aromatic heterocycles. The Morgan fingerprint density at radius 3 is 2.44 bits per heavy atom. The molecule has 1 rings (SSSR count). The molecule has 0 aliphatic carbocycles. The second-order valence-corrected chi connectivity index (χ2v) is 5.88.